The molecule has 0 saturated heterocycles. The lowest BCUT2D eigenvalue weighted by Gasteiger charge is -2.20. The van der Waals surface area contributed by atoms with Crippen molar-refractivity contribution in [3.8, 4) is 0 Å². The molecule has 0 N–H and O–H groups in total. The highest BCUT2D eigenvalue weighted by Crippen LogP contribution is 2.21. The molecule has 0 radical (unpaired) electrons. The lowest BCUT2D eigenvalue weighted by molar-refractivity contribution is 0.482. The van der Waals surface area contributed by atoms with Crippen molar-refractivity contribution in [1.29, 1.82) is 0 Å². The molecule has 0 atom stereocenters. The summed E-state index contributed by atoms with van der Waals surface area (Å²) in [4.78, 5) is 14.2. The Bertz CT molecular complexity index is 710. The van der Waals surface area contributed by atoms with E-state index >= 15 is 0 Å². The fourth-order valence-electron chi connectivity index (χ4n) is 1.96. The zero-order chi connectivity index (χ0) is 15.4. The van der Waals surface area contributed by atoms with Crippen LogP contribution in [-0.2, 0) is 5.75 Å². The highest BCUT2D eigenvalue weighted by molar-refractivity contribution is 8.22. The molecular formula is C15H16ClNO2S2. The first-order valence-electron chi connectivity index (χ1n) is 6.69. The smallest absolute Gasteiger partial charge is 0.193 e. The first-order chi connectivity index (χ1) is 10.0. The van der Waals surface area contributed by atoms with Crippen molar-refractivity contribution in [3.05, 3.63) is 45.3 Å². The van der Waals surface area contributed by atoms with E-state index in [0.717, 1.165) is 17.4 Å². The molecule has 0 aliphatic carbocycles. The van der Waals surface area contributed by atoms with Crippen LogP contribution in [0.2, 0.25) is 5.02 Å². The average molecular weight is 342 g/mol. The summed E-state index contributed by atoms with van der Waals surface area (Å²) in [5.74, 6) is 1.16. The minimum Gasteiger partial charge on any atom is -0.460 e. The molecule has 0 bridgehead atoms. The second-order valence-electron chi connectivity index (χ2n) is 4.44. The van der Waals surface area contributed by atoms with Gasteiger partial charge in [-0.2, -0.15) is 0 Å². The number of benzene rings is 1. The summed E-state index contributed by atoms with van der Waals surface area (Å²) in [5.41, 5.74) is 0.472. The van der Waals surface area contributed by atoms with Crippen molar-refractivity contribution >= 4 is 50.9 Å². The van der Waals surface area contributed by atoms with Crippen LogP contribution >= 0.6 is 35.6 Å². The molecule has 0 saturated carbocycles. The quantitative estimate of drug-likeness (QED) is 0.774. The summed E-state index contributed by atoms with van der Waals surface area (Å²) in [6.07, 6.45) is 0. The Kier molecular flexibility index (Phi) is 5.67. The van der Waals surface area contributed by atoms with Crippen LogP contribution in [0, 0.1) is 0 Å². The van der Waals surface area contributed by atoms with Crippen molar-refractivity contribution < 1.29 is 4.42 Å². The van der Waals surface area contributed by atoms with Gasteiger partial charge in [0, 0.05) is 24.2 Å². The van der Waals surface area contributed by atoms with E-state index in [2.05, 4.69) is 18.7 Å². The van der Waals surface area contributed by atoms with Gasteiger partial charge < -0.3 is 9.32 Å². The van der Waals surface area contributed by atoms with Crippen molar-refractivity contribution in [2.24, 2.45) is 0 Å². The van der Waals surface area contributed by atoms with Gasteiger partial charge in [-0.3, -0.25) is 4.79 Å². The first kappa shape index (κ1) is 16.3. The summed E-state index contributed by atoms with van der Waals surface area (Å²) < 4.78 is 6.56. The maximum Gasteiger partial charge on any atom is 0.193 e. The van der Waals surface area contributed by atoms with Crippen molar-refractivity contribution in [2.75, 3.05) is 13.1 Å². The van der Waals surface area contributed by atoms with Crippen LogP contribution in [0.25, 0.3) is 11.0 Å². The minimum atomic E-state index is -0.0805. The van der Waals surface area contributed by atoms with Gasteiger partial charge in [0.05, 0.1) is 11.1 Å². The van der Waals surface area contributed by atoms with Gasteiger partial charge in [0.15, 0.2) is 5.43 Å². The molecule has 6 heteroatoms. The van der Waals surface area contributed by atoms with E-state index in [0.29, 0.717) is 27.5 Å². The van der Waals surface area contributed by atoms with E-state index in [9.17, 15) is 4.79 Å². The van der Waals surface area contributed by atoms with Crippen LogP contribution in [0.15, 0.2) is 33.5 Å². The largest absolute Gasteiger partial charge is 0.460 e. The summed E-state index contributed by atoms with van der Waals surface area (Å²) in [7, 11) is 0. The molecule has 0 aliphatic rings. The number of halogens is 1. The van der Waals surface area contributed by atoms with Gasteiger partial charge in [-0.05, 0) is 32.0 Å². The minimum absolute atomic E-state index is 0.0805. The van der Waals surface area contributed by atoms with Gasteiger partial charge in [0.25, 0.3) is 0 Å². The summed E-state index contributed by atoms with van der Waals surface area (Å²) in [6, 6.07) is 6.57. The van der Waals surface area contributed by atoms with Gasteiger partial charge in [-0.25, -0.2) is 0 Å². The van der Waals surface area contributed by atoms with E-state index < -0.39 is 0 Å². The number of rotatable bonds is 4. The number of thiocarbonyl (C=S) groups is 1. The molecule has 2 aromatic rings. The normalized spacial score (nSPS) is 10.8. The predicted molar refractivity (Wildman–Crippen MR) is 94.3 cm³/mol. The molecule has 21 heavy (non-hydrogen) atoms. The fraction of sp³-hybridized carbons (Fsp3) is 0.333. The Morgan fingerprint density at radius 2 is 2.05 bits per heavy atom. The summed E-state index contributed by atoms with van der Waals surface area (Å²) in [6.45, 7) is 5.89. The lowest BCUT2D eigenvalue weighted by Crippen LogP contribution is -2.26. The topological polar surface area (TPSA) is 33.5 Å². The van der Waals surface area contributed by atoms with Gasteiger partial charge in [0.2, 0.25) is 0 Å². The summed E-state index contributed by atoms with van der Waals surface area (Å²) in [5, 5.41) is 1.03. The van der Waals surface area contributed by atoms with Crippen LogP contribution in [-0.4, -0.2) is 22.3 Å². The SMILES string of the molecule is CCN(CC)C(=S)SCc1cc(=O)c2cc(Cl)ccc2o1. The molecule has 112 valence electrons. The molecule has 1 heterocycles. The van der Waals surface area contributed by atoms with Crippen LogP contribution in [0.4, 0.5) is 0 Å². The number of nitrogens with zero attached hydrogens (tertiary/aromatic N) is 1. The van der Waals surface area contributed by atoms with Crippen molar-refractivity contribution in [3.63, 3.8) is 0 Å². The molecule has 0 amide bonds. The monoisotopic (exact) mass is 341 g/mol. The van der Waals surface area contributed by atoms with Gasteiger partial charge >= 0.3 is 0 Å². The van der Waals surface area contributed by atoms with Gasteiger partial charge in [0.1, 0.15) is 15.7 Å². The maximum absolute atomic E-state index is 12.1. The molecular weight excluding hydrogens is 326 g/mol. The van der Waals surface area contributed by atoms with Crippen molar-refractivity contribution in [1.82, 2.24) is 4.90 Å². The second kappa shape index (κ2) is 7.29. The van der Waals surface area contributed by atoms with E-state index in [1.807, 2.05) is 0 Å². The Labute approximate surface area is 138 Å². The lowest BCUT2D eigenvalue weighted by atomic mass is 10.2. The Balaban J connectivity index is 2.18. The van der Waals surface area contributed by atoms with Crippen LogP contribution in [0.1, 0.15) is 19.6 Å². The van der Waals surface area contributed by atoms with Gasteiger partial charge in [-0.1, -0.05) is 35.6 Å². The number of hydrogen-bond donors (Lipinski definition) is 0. The third kappa shape index (κ3) is 3.99. The fourth-order valence-corrected chi connectivity index (χ4v) is 3.41. The van der Waals surface area contributed by atoms with Gasteiger partial charge in [-0.15, -0.1) is 0 Å². The zero-order valence-electron chi connectivity index (χ0n) is 11.9. The Hall–Kier alpha value is -1.04. The summed E-state index contributed by atoms with van der Waals surface area (Å²) >= 11 is 12.8. The van der Waals surface area contributed by atoms with Crippen LogP contribution < -0.4 is 5.43 Å². The van der Waals surface area contributed by atoms with E-state index in [-0.39, 0.29) is 5.43 Å². The molecule has 0 aliphatic heterocycles. The maximum atomic E-state index is 12.1. The van der Waals surface area contributed by atoms with E-state index in [1.54, 1.807) is 18.2 Å². The van der Waals surface area contributed by atoms with Crippen LogP contribution in [0.3, 0.4) is 0 Å². The highest BCUT2D eigenvalue weighted by Gasteiger charge is 2.09. The van der Waals surface area contributed by atoms with E-state index in [1.165, 1.54) is 17.8 Å². The second-order valence-corrected chi connectivity index (χ2v) is 6.49. The van der Waals surface area contributed by atoms with E-state index in [4.69, 9.17) is 28.2 Å². The molecule has 0 unspecified atom stereocenters. The third-order valence-corrected chi connectivity index (χ3v) is 4.88. The molecule has 0 spiro atoms. The standard InChI is InChI=1S/C15H16ClNO2S2/c1-3-17(4-2)15(20)21-9-11-8-13(18)12-7-10(16)5-6-14(12)19-11/h5-8H,3-4,9H2,1-2H3. The Morgan fingerprint density at radius 3 is 2.71 bits per heavy atom. The number of hydrogen-bond acceptors (Lipinski definition) is 4. The third-order valence-electron chi connectivity index (χ3n) is 3.10. The molecule has 1 aromatic carbocycles. The first-order valence-corrected chi connectivity index (χ1v) is 8.46. The Morgan fingerprint density at radius 1 is 1.33 bits per heavy atom. The zero-order valence-corrected chi connectivity index (χ0v) is 14.3. The molecule has 0 fully saturated rings. The predicted octanol–water partition coefficient (Wildman–Crippen LogP) is 4.31. The number of fused-ring (bicyclic) bond motifs is 1. The average Bonchev–Trinajstić information content (AvgIpc) is 2.47. The van der Waals surface area contributed by atoms with Crippen molar-refractivity contribution in [2.45, 2.75) is 19.6 Å². The molecule has 2 rings (SSSR count). The molecule has 3 nitrogen and oxygen atoms in total. The molecule has 1 aromatic heterocycles. The van der Waals surface area contributed by atoms with Crippen LogP contribution in [0.5, 0.6) is 0 Å². The number of thioether (sulfide) groups is 1. The highest BCUT2D eigenvalue weighted by atomic mass is 35.5.